The SMILES string of the molecule is Nc1ccc(C(=O)NCc2cccs2)cc1Cl. The molecule has 0 unspecified atom stereocenters. The molecule has 1 heterocycles. The van der Waals surface area contributed by atoms with E-state index in [0.29, 0.717) is 22.8 Å². The summed E-state index contributed by atoms with van der Waals surface area (Å²) in [6, 6.07) is 8.78. The first-order chi connectivity index (χ1) is 8.16. The normalized spacial score (nSPS) is 10.2. The van der Waals surface area contributed by atoms with Gasteiger partial charge in [-0.25, -0.2) is 0 Å². The Labute approximate surface area is 108 Å². The van der Waals surface area contributed by atoms with Gasteiger partial charge in [-0.15, -0.1) is 11.3 Å². The van der Waals surface area contributed by atoms with Gasteiger partial charge in [-0.3, -0.25) is 4.79 Å². The van der Waals surface area contributed by atoms with Gasteiger partial charge in [-0.05, 0) is 29.6 Å². The molecule has 1 aromatic carbocycles. The number of benzene rings is 1. The van der Waals surface area contributed by atoms with Gasteiger partial charge in [-0.1, -0.05) is 17.7 Å². The van der Waals surface area contributed by atoms with Gasteiger partial charge in [0.05, 0.1) is 17.3 Å². The summed E-state index contributed by atoms with van der Waals surface area (Å²) in [6.07, 6.45) is 0. The number of rotatable bonds is 3. The second-order valence-electron chi connectivity index (χ2n) is 3.50. The number of thiophene rings is 1. The van der Waals surface area contributed by atoms with E-state index in [4.69, 9.17) is 17.3 Å². The van der Waals surface area contributed by atoms with Crippen LogP contribution in [0.15, 0.2) is 35.7 Å². The third-order valence-electron chi connectivity index (χ3n) is 2.27. The number of amides is 1. The van der Waals surface area contributed by atoms with Gasteiger partial charge in [0.2, 0.25) is 0 Å². The van der Waals surface area contributed by atoms with Crippen LogP contribution in [0.1, 0.15) is 15.2 Å². The molecule has 0 spiro atoms. The summed E-state index contributed by atoms with van der Waals surface area (Å²) in [7, 11) is 0. The average Bonchev–Trinajstić information content (AvgIpc) is 2.82. The fraction of sp³-hybridized carbons (Fsp3) is 0.0833. The molecule has 1 amide bonds. The molecule has 0 aliphatic carbocycles. The minimum absolute atomic E-state index is 0.152. The molecule has 17 heavy (non-hydrogen) atoms. The number of nitrogen functional groups attached to an aromatic ring is 1. The van der Waals surface area contributed by atoms with Crippen LogP contribution in [-0.2, 0) is 6.54 Å². The highest BCUT2D eigenvalue weighted by atomic mass is 35.5. The summed E-state index contributed by atoms with van der Waals surface area (Å²) in [5.74, 6) is -0.152. The highest BCUT2D eigenvalue weighted by Crippen LogP contribution is 2.19. The van der Waals surface area contributed by atoms with Gasteiger partial charge in [-0.2, -0.15) is 0 Å². The van der Waals surface area contributed by atoms with Crippen molar-refractivity contribution in [1.29, 1.82) is 0 Å². The Morgan fingerprint density at radius 3 is 2.88 bits per heavy atom. The maximum atomic E-state index is 11.8. The lowest BCUT2D eigenvalue weighted by Crippen LogP contribution is -2.22. The lowest BCUT2D eigenvalue weighted by atomic mass is 10.2. The molecule has 2 aromatic rings. The van der Waals surface area contributed by atoms with Crippen LogP contribution in [0.3, 0.4) is 0 Å². The average molecular weight is 267 g/mol. The van der Waals surface area contributed by atoms with Gasteiger partial charge >= 0.3 is 0 Å². The van der Waals surface area contributed by atoms with Crippen molar-refractivity contribution < 1.29 is 4.79 Å². The first-order valence-electron chi connectivity index (χ1n) is 5.02. The Morgan fingerprint density at radius 1 is 1.41 bits per heavy atom. The van der Waals surface area contributed by atoms with Crippen LogP contribution in [0.4, 0.5) is 5.69 Å². The topological polar surface area (TPSA) is 55.1 Å². The largest absolute Gasteiger partial charge is 0.398 e. The van der Waals surface area contributed by atoms with E-state index >= 15 is 0 Å². The van der Waals surface area contributed by atoms with E-state index in [1.807, 2.05) is 17.5 Å². The number of hydrogen-bond donors (Lipinski definition) is 2. The molecule has 0 aliphatic heterocycles. The van der Waals surface area contributed by atoms with Crippen molar-refractivity contribution in [1.82, 2.24) is 5.32 Å². The van der Waals surface area contributed by atoms with E-state index in [9.17, 15) is 4.79 Å². The minimum Gasteiger partial charge on any atom is -0.398 e. The highest BCUT2D eigenvalue weighted by molar-refractivity contribution is 7.09. The van der Waals surface area contributed by atoms with Crippen LogP contribution < -0.4 is 11.1 Å². The molecule has 88 valence electrons. The van der Waals surface area contributed by atoms with Crippen molar-refractivity contribution in [3.8, 4) is 0 Å². The Balaban J connectivity index is 2.02. The van der Waals surface area contributed by atoms with Crippen LogP contribution in [0.5, 0.6) is 0 Å². The second kappa shape index (κ2) is 5.21. The Kier molecular flexibility index (Phi) is 3.66. The fourth-order valence-electron chi connectivity index (χ4n) is 1.35. The number of anilines is 1. The van der Waals surface area contributed by atoms with Crippen molar-refractivity contribution in [2.45, 2.75) is 6.54 Å². The van der Waals surface area contributed by atoms with Crippen molar-refractivity contribution in [3.63, 3.8) is 0 Å². The molecule has 0 radical (unpaired) electrons. The number of carbonyl (C=O) groups excluding carboxylic acids is 1. The number of nitrogens with one attached hydrogen (secondary N) is 1. The monoisotopic (exact) mass is 266 g/mol. The Bertz CT molecular complexity index is 525. The van der Waals surface area contributed by atoms with E-state index in [2.05, 4.69) is 5.32 Å². The molecule has 0 fully saturated rings. The van der Waals surface area contributed by atoms with Crippen LogP contribution in [-0.4, -0.2) is 5.91 Å². The van der Waals surface area contributed by atoms with Gasteiger partial charge < -0.3 is 11.1 Å². The van der Waals surface area contributed by atoms with Gasteiger partial charge in [0.25, 0.3) is 5.91 Å². The summed E-state index contributed by atoms with van der Waals surface area (Å²) in [4.78, 5) is 12.9. The summed E-state index contributed by atoms with van der Waals surface area (Å²) in [5, 5.41) is 5.19. The molecular formula is C12H11ClN2OS. The Morgan fingerprint density at radius 2 is 2.24 bits per heavy atom. The maximum absolute atomic E-state index is 11.8. The third-order valence-corrected chi connectivity index (χ3v) is 3.47. The van der Waals surface area contributed by atoms with Crippen molar-refractivity contribution in [2.24, 2.45) is 0 Å². The zero-order chi connectivity index (χ0) is 12.3. The molecule has 1 aromatic heterocycles. The molecule has 0 saturated heterocycles. The maximum Gasteiger partial charge on any atom is 0.251 e. The van der Waals surface area contributed by atoms with Crippen LogP contribution in [0.2, 0.25) is 5.02 Å². The van der Waals surface area contributed by atoms with Crippen molar-refractivity contribution in [3.05, 3.63) is 51.2 Å². The number of nitrogens with two attached hydrogens (primary N) is 1. The van der Waals surface area contributed by atoms with Gasteiger partial charge in [0, 0.05) is 10.4 Å². The summed E-state index contributed by atoms with van der Waals surface area (Å²) < 4.78 is 0. The highest BCUT2D eigenvalue weighted by Gasteiger charge is 2.07. The molecular weight excluding hydrogens is 256 g/mol. The summed E-state index contributed by atoms with van der Waals surface area (Å²) in [6.45, 7) is 0.526. The van der Waals surface area contributed by atoms with E-state index in [0.717, 1.165) is 4.88 Å². The molecule has 5 heteroatoms. The summed E-state index contributed by atoms with van der Waals surface area (Å²) in [5.41, 5.74) is 6.57. The first kappa shape index (κ1) is 12.0. The lowest BCUT2D eigenvalue weighted by Gasteiger charge is -2.05. The predicted molar refractivity (Wildman–Crippen MR) is 71.4 cm³/mol. The third kappa shape index (κ3) is 2.99. The minimum atomic E-state index is -0.152. The molecule has 0 saturated carbocycles. The standard InChI is InChI=1S/C12H11ClN2OS/c13-10-6-8(3-4-11(10)14)12(16)15-7-9-2-1-5-17-9/h1-6H,7,14H2,(H,15,16). The molecule has 2 rings (SSSR count). The van der Waals surface area contributed by atoms with Crippen LogP contribution in [0, 0.1) is 0 Å². The number of halogens is 1. The Hall–Kier alpha value is -1.52. The van der Waals surface area contributed by atoms with Crippen LogP contribution >= 0.6 is 22.9 Å². The number of hydrogen-bond acceptors (Lipinski definition) is 3. The van der Waals surface area contributed by atoms with Crippen molar-refractivity contribution >= 4 is 34.5 Å². The molecule has 0 bridgehead atoms. The number of carbonyl (C=O) groups is 1. The van der Waals surface area contributed by atoms with E-state index in [1.54, 1.807) is 29.5 Å². The zero-order valence-corrected chi connectivity index (χ0v) is 10.5. The molecule has 0 aliphatic rings. The molecule has 0 atom stereocenters. The first-order valence-corrected chi connectivity index (χ1v) is 6.28. The van der Waals surface area contributed by atoms with Gasteiger partial charge in [0.15, 0.2) is 0 Å². The summed E-state index contributed by atoms with van der Waals surface area (Å²) >= 11 is 7.46. The zero-order valence-electron chi connectivity index (χ0n) is 8.94. The van der Waals surface area contributed by atoms with Crippen molar-refractivity contribution in [2.75, 3.05) is 5.73 Å². The molecule has 3 N–H and O–H groups in total. The molecule has 3 nitrogen and oxygen atoms in total. The van der Waals surface area contributed by atoms with E-state index in [-0.39, 0.29) is 5.91 Å². The predicted octanol–water partition coefficient (Wildman–Crippen LogP) is 2.91. The fourth-order valence-corrected chi connectivity index (χ4v) is 2.18. The lowest BCUT2D eigenvalue weighted by molar-refractivity contribution is 0.0951. The van der Waals surface area contributed by atoms with E-state index in [1.165, 1.54) is 0 Å². The van der Waals surface area contributed by atoms with E-state index < -0.39 is 0 Å². The van der Waals surface area contributed by atoms with Crippen LogP contribution in [0.25, 0.3) is 0 Å². The smallest absolute Gasteiger partial charge is 0.251 e. The quantitative estimate of drug-likeness (QED) is 0.840. The second-order valence-corrected chi connectivity index (χ2v) is 4.94. The van der Waals surface area contributed by atoms with Gasteiger partial charge in [0.1, 0.15) is 0 Å².